The van der Waals surface area contributed by atoms with E-state index in [0.717, 1.165) is 11.3 Å². The lowest BCUT2D eigenvalue weighted by Gasteiger charge is -2.05. The molecule has 0 saturated heterocycles. The number of anilines is 1. The zero-order chi connectivity index (χ0) is 11.4. The molecule has 0 radical (unpaired) electrons. The second-order valence-corrected chi connectivity index (χ2v) is 3.75. The van der Waals surface area contributed by atoms with E-state index in [9.17, 15) is 0 Å². The van der Waals surface area contributed by atoms with Crippen LogP contribution in [0, 0.1) is 11.5 Å². The molecular weight excluding hydrogens is 222 g/mol. The molecule has 0 fully saturated rings. The summed E-state index contributed by atoms with van der Waals surface area (Å²) in [5.41, 5.74) is 1.71. The van der Waals surface area contributed by atoms with Gasteiger partial charge in [-0.15, -0.1) is 4.99 Å². The number of fused-ring (bicyclic) bond motifs is 1. The molecule has 5 nitrogen and oxygen atoms in total. The Hall–Kier alpha value is -2.00. The van der Waals surface area contributed by atoms with Crippen molar-refractivity contribution in [3.8, 4) is 6.19 Å². The first kappa shape index (κ1) is 10.5. The van der Waals surface area contributed by atoms with E-state index < -0.39 is 0 Å². The molecule has 6 heteroatoms. The van der Waals surface area contributed by atoms with Gasteiger partial charge in [0.05, 0.1) is 0 Å². The number of aromatic nitrogens is 2. The van der Waals surface area contributed by atoms with Crippen LogP contribution in [-0.4, -0.2) is 20.8 Å². The molecule has 0 aliphatic rings. The molecule has 2 rings (SSSR count). The molecule has 2 heterocycles. The lowest BCUT2D eigenvalue weighted by atomic mass is 10.4. The second kappa shape index (κ2) is 4.68. The van der Waals surface area contributed by atoms with E-state index in [-0.39, 0.29) is 0 Å². The highest BCUT2D eigenvalue weighted by Gasteiger charge is 2.00. The summed E-state index contributed by atoms with van der Waals surface area (Å²) in [6.07, 6.45) is 9.12. The van der Waals surface area contributed by atoms with Crippen LogP contribution < -0.4 is 5.32 Å². The molecule has 0 aliphatic heterocycles. The van der Waals surface area contributed by atoms with Crippen molar-refractivity contribution < 1.29 is 0 Å². The minimum atomic E-state index is 0.568. The van der Waals surface area contributed by atoms with Gasteiger partial charge in [-0.25, -0.2) is 4.98 Å². The van der Waals surface area contributed by atoms with Crippen molar-refractivity contribution in [1.82, 2.24) is 9.38 Å². The van der Waals surface area contributed by atoms with Crippen molar-refractivity contribution in [2.24, 2.45) is 4.99 Å². The first-order chi connectivity index (χ1) is 7.83. The van der Waals surface area contributed by atoms with Crippen LogP contribution in [-0.2, 0) is 0 Å². The Kier molecular flexibility index (Phi) is 3.08. The first-order valence-corrected chi connectivity index (χ1v) is 5.76. The number of hydrogen-bond acceptors (Lipinski definition) is 4. The molecule has 2 aromatic heterocycles. The fourth-order valence-electron chi connectivity index (χ4n) is 1.28. The van der Waals surface area contributed by atoms with Crippen molar-refractivity contribution in [2.75, 3.05) is 11.6 Å². The molecule has 1 N–H and O–H groups in total. The molecule has 0 atom stereocenters. The fraction of sp³-hybridized carbons (Fsp3) is 0.100. The van der Waals surface area contributed by atoms with E-state index in [1.54, 1.807) is 12.4 Å². The molecule has 2 aromatic rings. The fourth-order valence-corrected chi connectivity index (χ4v) is 1.63. The van der Waals surface area contributed by atoms with Gasteiger partial charge in [0.2, 0.25) is 6.19 Å². The summed E-state index contributed by atoms with van der Waals surface area (Å²) in [6.45, 7) is 0. The van der Waals surface area contributed by atoms with E-state index >= 15 is 0 Å². The summed E-state index contributed by atoms with van der Waals surface area (Å²) in [5.74, 6) is 0. The van der Waals surface area contributed by atoms with Crippen molar-refractivity contribution in [3.63, 3.8) is 0 Å². The minimum Gasteiger partial charge on any atom is -0.334 e. The molecule has 0 unspecified atom stereocenters. The smallest absolute Gasteiger partial charge is 0.208 e. The summed E-state index contributed by atoms with van der Waals surface area (Å²) in [6, 6.07) is 3.79. The highest BCUT2D eigenvalue weighted by atomic mass is 32.2. The third-order valence-corrected chi connectivity index (χ3v) is 2.57. The minimum absolute atomic E-state index is 0.568. The summed E-state index contributed by atoms with van der Waals surface area (Å²) in [5, 5.41) is 12.1. The Bertz CT molecular complexity index is 566. The summed E-state index contributed by atoms with van der Waals surface area (Å²) in [4.78, 5) is 7.82. The number of amidine groups is 1. The van der Waals surface area contributed by atoms with E-state index in [0.29, 0.717) is 5.17 Å². The predicted octanol–water partition coefficient (Wildman–Crippen LogP) is 1.95. The van der Waals surface area contributed by atoms with Gasteiger partial charge in [-0.1, -0.05) is 11.8 Å². The zero-order valence-corrected chi connectivity index (χ0v) is 9.40. The number of rotatable bonds is 1. The number of imidazole rings is 1. The van der Waals surface area contributed by atoms with Crippen molar-refractivity contribution >= 4 is 28.3 Å². The molecule has 0 amide bonds. The Morgan fingerprint density at radius 1 is 1.62 bits per heavy atom. The van der Waals surface area contributed by atoms with Crippen LogP contribution in [0.25, 0.3) is 5.65 Å². The summed E-state index contributed by atoms with van der Waals surface area (Å²) in [7, 11) is 0. The van der Waals surface area contributed by atoms with Gasteiger partial charge in [0.1, 0.15) is 5.65 Å². The maximum Gasteiger partial charge on any atom is 0.208 e. The third kappa shape index (κ3) is 2.15. The van der Waals surface area contributed by atoms with Gasteiger partial charge in [-0.2, -0.15) is 5.26 Å². The maximum absolute atomic E-state index is 8.48. The van der Waals surface area contributed by atoms with Crippen molar-refractivity contribution in [2.45, 2.75) is 0 Å². The van der Waals surface area contributed by atoms with E-state index in [2.05, 4.69) is 15.3 Å². The van der Waals surface area contributed by atoms with Crippen LogP contribution in [0.2, 0.25) is 0 Å². The van der Waals surface area contributed by atoms with Crippen LogP contribution in [0.3, 0.4) is 0 Å². The number of aliphatic imine (C=N–C) groups is 1. The van der Waals surface area contributed by atoms with Crippen LogP contribution >= 0.6 is 11.8 Å². The maximum atomic E-state index is 8.48. The number of nitriles is 1. The zero-order valence-electron chi connectivity index (χ0n) is 8.58. The Balaban J connectivity index is 2.27. The molecule has 0 aromatic carbocycles. The average molecular weight is 231 g/mol. The Labute approximate surface area is 96.8 Å². The molecule has 16 heavy (non-hydrogen) atoms. The van der Waals surface area contributed by atoms with Gasteiger partial charge in [-0.3, -0.25) is 0 Å². The molecular formula is C10H9N5S. The van der Waals surface area contributed by atoms with Gasteiger partial charge < -0.3 is 9.72 Å². The van der Waals surface area contributed by atoms with Gasteiger partial charge in [0.15, 0.2) is 5.17 Å². The molecule has 0 aliphatic carbocycles. The number of nitrogens with one attached hydrogen (secondary N) is 1. The van der Waals surface area contributed by atoms with Gasteiger partial charge >= 0.3 is 0 Å². The van der Waals surface area contributed by atoms with Crippen molar-refractivity contribution in [3.05, 3.63) is 30.7 Å². The van der Waals surface area contributed by atoms with E-state index in [1.807, 2.05) is 35.2 Å². The van der Waals surface area contributed by atoms with Gasteiger partial charge in [0.25, 0.3) is 0 Å². The number of hydrogen-bond donors (Lipinski definition) is 1. The molecule has 0 bridgehead atoms. The monoisotopic (exact) mass is 231 g/mol. The number of pyridine rings is 1. The second-order valence-electron chi connectivity index (χ2n) is 2.95. The molecule has 0 saturated carbocycles. The van der Waals surface area contributed by atoms with Gasteiger partial charge in [-0.05, 0) is 12.3 Å². The van der Waals surface area contributed by atoms with Gasteiger partial charge in [0, 0.05) is 30.3 Å². The van der Waals surface area contributed by atoms with Crippen LogP contribution in [0.5, 0.6) is 0 Å². The highest BCUT2D eigenvalue weighted by Crippen LogP contribution is 2.12. The number of nitrogens with zero attached hydrogens (tertiary/aromatic N) is 4. The van der Waals surface area contributed by atoms with Crippen molar-refractivity contribution in [1.29, 1.82) is 5.26 Å². The standard InChI is InChI=1S/C10H9N5S/c1-16-10(13-7-11)14-8-2-4-15-5-3-12-9(15)6-8/h2-6H,1H3,(H,13,14). The summed E-state index contributed by atoms with van der Waals surface area (Å²) < 4.78 is 1.91. The predicted molar refractivity (Wildman–Crippen MR) is 65.4 cm³/mol. The van der Waals surface area contributed by atoms with Crippen LogP contribution in [0.15, 0.2) is 35.7 Å². The Morgan fingerprint density at radius 3 is 3.25 bits per heavy atom. The Morgan fingerprint density at radius 2 is 2.50 bits per heavy atom. The first-order valence-electron chi connectivity index (χ1n) is 4.54. The summed E-state index contributed by atoms with van der Waals surface area (Å²) >= 11 is 1.39. The quantitative estimate of drug-likeness (QED) is 0.463. The molecule has 0 spiro atoms. The van der Waals surface area contributed by atoms with Crippen LogP contribution in [0.4, 0.5) is 5.69 Å². The largest absolute Gasteiger partial charge is 0.334 e. The highest BCUT2D eigenvalue weighted by molar-refractivity contribution is 8.13. The van der Waals surface area contributed by atoms with E-state index in [1.165, 1.54) is 11.8 Å². The number of thioether (sulfide) groups is 1. The normalized spacial score (nSPS) is 11.4. The third-order valence-electron chi connectivity index (χ3n) is 1.99. The van der Waals surface area contributed by atoms with Crippen LogP contribution in [0.1, 0.15) is 0 Å². The topological polar surface area (TPSA) is 65.5 Å². The molecule has 80 valence electrons. The average Bonchev–Trinajstić information content (AvgIpc) is 2.75. The lowest BCUT2D eigenvalue weighted by Crippen LogP contribution is -2.06. The van der Waals surface area contributed by atoms with E-state index in [4.69, 9.17) is 5.26 Å². The SMILES string of the molecule is CS/C(=N\C#N)Nc1ccn2ccnc2c1. The lowest BCUT2D eigenvalue weighted by molar-refractivity contribution is 1.19.